The number of rotatable bonds is 10. The van der Waals surface area contributed by atoms with Crippen LogP contribution in [-0.4, -0.2) is 44.4 Å². The molecule has 4 heteroatoms. The lowest BCUT2D eigenvalue weighted by Gasteiger charge is -2.15. The van der Waals surface area contributed by atoms with Gasteiger partial charge in [0, 0.05) is 6.54 Å². The molecule has 0 saturated carbocycles. The molecule has 0 aliphatic carbocycles. The van der Waals surface area contributed by atoms with Crippen molar-refractivity contribution in [2.75, 3.05) is 34.4 Å². The van der Waals surface area contributed by atoms with Crippen molar-refractivity contribution in [3.8, 4) is 17.2 Å². The van der Waals surface area contributed by atoms with Gasteiger partial charge in [-0.3, -0.25) is 0 Å². The van der Waals surface area contributed by atoms with E-state index in [-0.39, 0.29) is 5.75 Å². The fourth-order valence-corrected chi connectivity index (χ4v) is 3.71. The topological polar surface area (TPSA) is 41.9 Å². The van der Waals surface area contributed by atoms with Gasteiger partial charge < -0.3 is 19.5 Å². The Morgan fingerprint density at radius 3 is 1.94 bits per heavy atom. The maximum atomic E-state index is 9.76. The minimum Gasteiger partial charge on any atom is -0.508 e. The van der Waals surface area contributed by atoms with E-state index in [1.807, 2.05) is 36.4 Å². The van der Waals surface area contributed by atoms with Gasteiger partial charge in [0.2, 0.25) is 0 Å². The lowest BCUT2D eigenvalue weighted by molar-refractivity contribution is 0.281. The normalized spacial score (nSPS) is 11.9. The number of hydrogen-bond donors (Lipinski definition) is 1. The Balaban J connectivity index is 1.85. The highest BCUT2D eigenvalue weighted by atomic mass is 16.5. The zero-order valence-electron chi connectivity index (χ0n) is 19.5. The van der Waals surface area contributed by atoms with Gasteiger partial charge in [-0.1, -0.05) is 42.0 Å². The first-order valence-electron chi connectivity index (χ1n) is 11.0. The molecule has 0 atom stereocenters. The van der Waals surface area contributed by atoms with Crippen LogP contribution in [-0.2, 0) is 6.42 Å². The number of benzene rings is 3. The van der Waals surface area contributed by atoms with Crippen molar-refractivity contribution >= 4 is 5.57 Å². The number of phenols is 1. The molecule has 3 rings (SSSR count). The van der Waals surface area contributed by atoms with Crippen LogP contribution in [0.1, 0.15) is 30.0 Å². The molecule has 0 heterocycles. The van der Waals surface area contributed by atoms with Crippen molar-refractivity contribution in [1.29, 1.82) is 0 Å². The summed E-state index contributed by atoms with van der Waals surface area (Å²) in [7, 11) is 5.82. The molecular formula is C28H33NO3. The molecule has 0 amide bonds. The lowest BCUT2D eigenvalue weighted by atomic mass is 9.90. The first-order chi connectivity index (χ1) is 15.5. The Hall–Kier alpha value is -3.24. The van der Waals surface area contributed by atoms with Gasteiger partial charge in [-0.05, 0) is 92.5 Å². The van der Waals surface area contributed by atoms with Gasteiger partial charge >= 0.3 is 0 Å². The first kappa shape index (κ1) is 23.4. The zero-order chi connectivity index (χ0) is 22.9. The summed E-state index contributed by atoms with van der Waals surface area (Å²) in [5, 5.41) is 9.76. The van der Waals surface area contributed by atoms with E-state index in [4.69, 9.17) is 9.47 Å². The standard InChI is InChI=1S/C28H33NO3/c1-21(20-22-6-14-26(31-4)15-7-22)28(23-8-12-25(30)13-9-23)24-10-16-27(17-11-24)32-19-5-18-29(2)3/h6-17,30H,5,18-20H2,1-4H3/b28-21+. The lowest BCUT2D eigenvalue weighted by Crippen LogP contribution is -2.15. The van der Waals surface area contributed by atoms with E-state index >= 15 is 0 Å². The highest BCUT2D eigenvalue weighted by Crippen LogP contribution is 2.31. The van der Waals surface area contributed by atoms with Crippen LogP contribution in [0, 0.1) is 0 Å². The summed E-state index contributed by atoms with van der Waals surface area (Å²) in [6.45, 7) is 3.88. The Kier molecular flexibility index (Phi) is 8.34. The molecule has 0 saturated heterocycles. The molecule has 168 valence electrons. The molecule has 0 aromatic heterocycles. The summed E-state index contributed by atoms with van der Waals surface area (Å²) in [6.07, 6.45) is 1.82. The minimum absolute atomic E-state index is 0.266. The molecule has 3 aromatic rings. The third-order valence-corrected chi connectivity index (χ3v) is 5.37. The molecular weight excluding hydrogens is 398 g/mol. The quantitative estimate of drug-likeness (QED) is 0.412. The van der Waals surface area contributed by atoms with Gasteiger partial charge in [-0.25, -0.2) is 0 Å². The number of phenolic OH excluding ortho intramolecular Hbond substituents is 1. The summed E-state index contributed by atoms with van der Waals surface area (Å²) in [6, 6.07) is 23.9. The second-order valence-corrected chi connectivity index (χ2v) is 8.26. The minimum atomic E-state index is 0.266. The predicted octanol–water partition coefficient (Wildman–Crippen LogP) is 5.80. The molecule has 4 nitrogen and oxygen atoms in total. The van der Waals surface area contributed by atoms with Crippen LogP contribution in [0.2, 0.25) is 0 Å². The summed E-state index contributed by atoms with van der Waals surface area (Å²) in [5.74, 6) is 2.00. The van der Waals surface area contributed by atoms with Crippen LogP contribution < -0.4 is 9.47 Å². The van der Waals surface area contributed by atoms with Crippen LogP contribution in [0.3, 0.4) is 0 Å². The molecule has 3 aromatic carbocycles. The summed E-state index contributed by atoms with van der Waals surface area (Å²) in [4.78, 5) is 2.16. The molecule has 1 N–H and O–H groups in total. The SMILES string of the molecule is COc1ccc(C/C(C)=C(\c2ccc(O)cc2)c2ccc(OCCCN(C)C)cc2)cc1. The Morgan fingerprint density at radius 2 is 1.38 bits per heavy atom. The van der Waals surface area contributed by atoms with E-state index in [2.05, 4.69) is 50.2 Å². The number of ether oxygens (including phenoxy) is 2. The third-order valence-electron chi connectivity index (χ3n) is 5.37. The van der Waals surface area contributed by atoms with Crippen molar-refractivity contribution in [3.05, 3.63) is 95.1 Å². The van der Waals surface area contributed by atoms with Gasteiger partial charge in [0.05, 0.1) is 13.7 Å². The van der Waals surface area contributed by atoms with Gasteiger partial charge in [0.1, 0.15) is 17.2 Å². The largest absolute Gasteiger partial charge is 0.508 e. The number of nitrogens with zero attached hydrogens (tertiary/aromatic N) is 1. The molecule has 0 bridgehead atoms. The summed E-state index contributed by atoms with van der Waals surface area (Å²) in [5.41, 5.74) is 5.84. The van der Waals surface area contributed by atoms with Crippen molar-refractivity contribution < 1.29 is 14.6 Å². The van der Waals surface area contributed by atoms with E-state index in [0.717, 1.165) is 42.0 Å². The van der Waals surface area contributed by atoms with Crippen LogP contribution in [0.25, 0.3) is 5.57 Å². The van der Waals surface area contributed by atoms with Gasteiger partial charge in [-0.2, -0.15) is 0 Å². The second-order valence-electron chi connectivity index (χ2n) is 8.26. The maximum absolute atomic E-state index is 9.76. The molecule has 0 aliphatic heterocycles. The Morgan fingerprint density at radius 1 is 0.812 bits per heavy atom. The molecule has 0 spiro atoms. The van der Waals surface area contributed by atoms with E-state index in [1.165, 1.54) is 16.7 Å². The van der Waals surface area contributed by atoms with E-state index < -0.39 is 0 Å². The van der Waals surface area contributed by atoms with E-state index in [1.54, 1.807) is 19.2 Å². The van der Waals surface area contributed by atoms with Crippen molar-refractivity contribution in [1.82, 2.24) is 4.90 Å². The van der Waals surface area contributed by atoms with E-state index in [9.17, 15) is 5.11 Å². The van der Waals surface area contributed by atoms with Crippen LogP contribution in [0.4, 0.5) is 0 Å². The van der Waals surface area contributed by atoms with Gasteiger partial charge in [0.25, 0.3) is 0 Å². The van der Waals surface area contributed by atoms with Gasteiger partial charge in [-0.15, -0.1) is 0 Å². The van der Waals surface area contributed by atoms with Crippen molar-refractivity contribution in [2.24, 2.45) is 0 Å². The summed E-state index contributed by atoms with van der Waals surface area (Å²) < 4.78 is 11.2. The highest BCUT2D eigenvalue weighted by Gasteiger charge is 2.11. The van der Waals surface area contributed by atoms with Crippen molar-refractivity contribution in [3.63, 3.8) is 0 Å². The number of methoxy groups -OCH3 is 1. The van der Waals surface area contributed by atoms with Crippen LogP contribution in [0.5, 0.6) is 17.2 Å². The molecule has 0 fully saturated rings. The van der Waals surface area contributed by atoms with Crippen LogP contribution >= 0.6 is 0 Å². The van der Waals surface area contributed by atoms with Crippen molar-refractivity contribution in [2.45, 2.75) is 19.8 Å². The molecule has 0 unspecified atom stereocenters. The van der Waals surface area contributed by atoms with Gasteiger partial charge in [0.15, 0.2) is 0 Å². The first-order valence-corrected chi connectivity index (χ1v) is 11.0. The second kappa shape index (κ2) is 11.4. The Labute approximate surface area is 191 Å². The fourth-order valence-electron chi connectivity index (χ4n) is 3.71. The fraction of sp³-hybridized carbons (Fsp3) is 0.286. The average Bonchev–Trinajstić information content (AvgIpc) is 2.79. The molecule has 0 radical (unpaired) electrons. The molecule has 0 aliphatic rings. The summed E-state index contributed by atoms with van der Waals surface area (Å²) >= 11 is 0. The third kappa shape index (κ3) is 6.63. The number of hydrogen-bond acceptors (Lipinski definition) is 4. The maximum Gasteiger partial charge on any atom is 0.119 e. The number of aromatic hydroxyl groups is 1. The molecule has 32 heavy (non-hydrogen) atoms. The predicted molar refractivity (Wildman–Crippen MR) is 132 cm³/mol. The smallest absolute Gasteiger partial charge is 0.119 e. The van der Waals surface area contributed by atoms with Crippen LogP contribution in [0.15, 0.2) is 78.4 Å². The Bertz CT molecular complexity index is 1000. The zero-order valence-corrected chi connectivity index (χ0v) is 19.5. The monoisotopic (exact) mass is 431 g/mol. The highest BCUT2D eigenvalue weighted by molar-refractivity contribution is 5.82. The average molecular weight is 432 g/mol. The number of allylic oxidation sites excluding steroid dienone is 1. The van der Waals surface area contributed by atoms with E-state index in [0.29, 0.717) is 6.61 Å².